The van der Waals surface area contributed by atoms with Crippen LogP contribution >= 0.6 is 24.0 Å². The third-order valence-corrected chi connectivity index (χ3v) is 3.66. The summed E-state index contributed by atoms with van der Waals surface area (Å²) in [4.78, 5) is 7.58. The third kappa shape index (κ3) is 5.69. The van der Waals surface area contributed by atoms with Crippen LogP contribution in [0.3, 0.4) is 0 Å². The highest BCUT2D eigenvalue weighted by Gasteiger charge is 2.05. The molecular formula is C17H27IN4O. The van der Waals surface area contributed by atoms with E-state index in [-0.39, 0.29) is 24.0 Å². The van der Waals surface area contributed by atoms with Crippen molar-refractivity contribution >= 4 is 40.8 Å². The van der Waals surface area contributed by atoms with E-state index in [4.69, 9.17) is 4.74 Å². The minimum atomic E-state index is 0. The first kappa shape index (κ1) is 19.8. The average molecular weight is 430 g/mol. The number of aliphatic imine (C=N–C) groups is 1. The average Bonchev–Trinajstić information content (AvgIpc) is 2.94. The summed E-state index contributed by atoms with van der Waals surface area (Å²) < 4.78 is 5.30. The van der Waals surface area contributed by atoms with Gasteiger partial charge < -0.3 is 20.4 Å². The summed E-state index contributed by atoms with van der Waals surface area (Å²) in [6.07, 6.45) is 3.06. The van der Waals surface area contributed by atoms with Crippen LogP contribution in [-0.4, -0.2) is 44.3 Å². The van der Waals surface area contributed by atoms with Gasteiger partial charge in [-0.2, -0.15) is 0 Å². The van der Waals surface area contributed by atoms with Crippen LogP contribution in [0.1, 0.15) is 18.1 Å². The summed E-state index contributed by atoms with van der Waals surface area (Å²) >= 11 is 0. The molecule has 0 aliphatic rings. The molecule has 0 fully saturated rings. The van der Waals surface area contributed by atoms with Crippen LogP contribution < -0.4 is 10.6 Å². The first-order valence-corrected chi connectivity index (χ1v) is 7.84. The van der Waals surface area contributed by atoms with Crippen LogP contribution in [0.25, 0.3) is 10.9 Å². The number of rotatable bonds is 7. The maximum absolute atomic E-state index is 5.30. The minimum absolute atomic E-state index is 0. The molecule has 0 amide bonds. The fraction of sp³-hybridized carbons (Fsp3) is 0.471. The van der Waals surface area contributed by atoms with Gasteiger partial charge in [0.15, 0.2) is 5.96 Å². The number of fused-ring (bicyclic) bond motifs is 1. The Hall–Kier alpha value is -1.28. The summed E-state index contributed by atoms with van der Waals surface area (Å²) in [6.45, 7) is 7.17. The number of benzene rings is 1. The van der Waals surface area contributed by atoms with Crippen molar-refractivity contribution in [2.75, 3.05) is 33.4 Å². The van der Waals surface area contributed by atoms with E-state index in [1.54, 1.807) is 7.05 Å². The van der Waals surface area contributed by atoms with Crippen LogP contribution in [0.4, 0.5) is 0 Å². The van der Waals surface area contributed by atoms with Crippen molar-refractivity contribution in [1.82, 2.24) is 15.6 Å². The van der Waals surface area contributed by atoms with Crippen molar-refractivity contribution in [3.63, 3.8) is 0 Å². The van der Waals surface area contributed by atoms with E-state index in [1.807, 2.05) is 6.92 Å². The van der Waals surface area contributed by atoms with Gasteiger partial charge in [0.25, 0.3) is 0 Å². The quantitative estimate of drug-likeness (QED) is 0.274. The number of aromatic nitrogens is 1. The Morgan fingerprint density at radius 2 is 2.04 bits per heavy atom. The molecule has 1 aromatic heterocycles. The molecule has 128 valence electrons. The van der Waals surface area contributed by atoms with E-state index in [2.05, 4.69) is 51.9 Å². The van der Waals surface area contributed by atoms with E-state index in [0.29, 0.717) is 6.61 Å². The Bertz CT molecular complexity index is 624. The fourth-order valence-corrected chi connectivity index (χ4v) is 2.49. The van der Waals surface area contributed by atoms with Gasteiger partial charge >= 0.3 is 0 Å². The zero-order valence-electron chi connectivity index (χ0n) is 14.1. The van der Waals surface area contributed by atoms with Crippen molar-refractivity contribution in [2.24, 2.45) is 4.99 Å². The SMILES string of the molecule is CCOCCNC(=NC)NCCc1c[nH]c2c(C)cccc12.I. The predicted molar refractivity (Wildman–Crippen MR) is 108 cm³/mol. The Labute approximate surface area is 155 Å². The molecule has 0 bridgehead atoms. The highest BCUT2D eigenvalue weighted by Crippen LogP contribution is 2.21. The number of aryl methyl sites for hydroxylation is 1. The molecule has 0 spiro atoms. The molecule has 0 saturated carbocycles. The second-order valence-corrected chi connectivity index (χ2v) is 5.18. The minimum Gasteiger partial charge on any atom is -0.380 e. The monoisotopic (exact) mass is 430 g/mol. The van der Waals surface area contributed by atoms with E-state index >= 15 is 0 Å². The van der Waals surface area contributed by atoms with Gasteiger partial charge in [-0.15, -0.1) is 24.0 Å². The van der Waals surface area contributed by atoms with Crippen LogP contribution in [0.2, 0.25) is 0 Å². The normalized spacial score (nSPS) is 11.3. The van der Waals surface area contributed by atoms with Gasteiger partial charge in [0.05, 0.1) is 6.61 Å². The largest absolute Gasteiger partial charge is 0.380 e. The van der Waals surface area contributed by atoms with Gasteiger partial charge in [0.2, 0.25) is 0 Å². The van der Waals surface area contributed by atoms with Crippen molar-refractivity contribution in [3.8, 4) is 0 Å². The molecule has 2 aromatic rings. The van der Waals surface area contributed by atoms with Crippen molar-refractivity contribution in [1.29, 1.82) is 0 Å². The number of aromatic amines is 1. The Morgan fingerprint density at radius 3 is 2.78 bits per heavy atom. The van der Waals surface area contributed by atoms with Crippen LogP contribution in [0.5, 0.6) is 0 Å². The molecular weight excluding hydrogens is 403 g/mol. The van der Waals surface area contributed by atoms with Gasteiger partial charge in [-0.25, -0.2) is 0 Å². The number of guanidine groups is 1. The predicted octanol–water partition coefficient (Wildman–Crippen LogP) is 2.84. The zero-order chi connectivity index (χ0) is 15.8. The lowest BCUT2D eigenvalue weighted by Gasteiger charge is -2.11. The molecule has 1 heterocycles. The van der Waals surface area contributed by atoms with Gasteiger partial charge in [-0.1, -0.05) is 18.2 Å². The Morgan fingerprint density at radius 1 is 1.26 bits per heavy atom. The lowest BCUT2D eigenvalue weighted by atomic mass is 10.1. The summed E-state index contributed by atoms with van der Waals surface area (Å²) in [6, 6.07) is 6.41. The molecule has 3 N–H and O–H groups in total. The number of para-hydroxylation sites is 1. The Kier molecular flexibility index (Phi) is 9.01. The Balaban J connectivity index is 0.00000264. The van der Waals surface area contributed by atoms with Gasteiger partial charge in [0, 0.05) is 43.8 Å². The summed E-state index contributed by atoms with van der Waals surface area (Å²) in [5, 5.41) is 7.88. The number of ether oxygens (including phenoxy) is 1. The van der Waals surface area contributed by atoms with Crippen molar-refractivity contribution < 1.29 is 4.74 Å². The van der Waals surface area contributed by atoms with Crippen LogP contribution in [0, 0.1) is 6.92 Å². The summed E-state index contributed by atoms with van der Waals surface area (Å²) in [7, 11) is 1.78. The second-order valence-electron chi connectivity index (χ2n) is 5.18. The van der Waals surface area contributed by atoms with Gasteiger partial charge in [-0.05, 0) is 31.4 Å². The molecule has 2 rings (SSSR count). The third-order valence-electron chi connectivity index (χ3n) is 3.66. The van der Waals surface area contributed by atoms with Crippen molar-refractivity contribution in [2.45, 2.75) is 20.3 Å². The number of nitrogens with zero attached hydrogens (tertiary/aromatic N) is 1. The van der Waals surface area contributed by atoms with E-state index in [9.17, 15) is 0 Å². The molecule has 0 aliphatic carbocycles. The number of H-pyrrole nitrogens is 1. The second kappa shape index (κ2) is 10.5. The summed E-state index contributed by atoms with van der Waals surface area (Å²) in [5.41, 5.74) is 3.85. The standard InChI is InChI=1S/C17H26N4O.HI/c1-4-22-11-10-20-17(18-3)19-9-8-14-12-21-16-13(2)6-5-7-15(14)16;/h5-7,12,21H,4,8-11H2,1-3H3,(H2,18,19,20);1H. The van der Waals surface area contributed by atoms with E-state index in [1.165, 1.54) is 22.0 Å². The number of hydrogen-bond donors (Lipinski definition) is 3. The fourth-order valence-electron chi connectivity index (χ4n) is 2.49. The van der Waals surface area contributed by atoms with Crippen molar-refractivity contribution in [3.05, 3.63) is 35.5 Å². The van der Waals surface area contributed by atoms with Crippen LogP contribution in [-0.2, 0) is 11.2 Å². The molecule has 23 heavy (non-hydrogen) atoms. The molecule has 5 nitrogen and oxygen atoms in total. The number of halogens is 1. The highest BCUT2D eigenvalue weighted by molar-refractivity contribution is 14.0. The zero-order valence-corrected chi connectivity index (χ0v) is 16.4. The maximum Gasteiger partial charge on any atom is 0.191 e. The van der Waals surface area contributed by atoms with Gasteiger partial charge in [-0.3, -0.25) is 4.99 Å². The van der Waals surface area contributed by atoms with Crippen LogP contribution in [0.15, 0.2) is 29.4 Å². The molecule has 0 radical (unpaired) electrons. The first-order valence-electron chi connectivity index (χ1n) is 7.84. The number of nitrogens with one attached hydrogen (secondary N) is 3. The number of hydrogen-bond acceptors (Lipinski definition) is 2. The van der Waals surface area contributed by atoms with Gasteiger partial charge in [0.1, 0.15) is 0 Å². The van der Waals surface area contributed by atoms with E-state index < -0.39 is 0 Å². The summed E-state index contributed by atoms with van der Waals surface area (Å²) in [5.74, 6) is 0.815. The lowest BCUT2D eigenvalue weighted by molar-refractivity contribution is 0.152. The topological polar surface area (TPSA) is 61.4 Å². The maximum atomic E-state index is 5.30. The smallest absolute Gasteiger partial charge is 0.191 e. The molecule has 0 saturated heterocycles. The molecule has 0 atom stereocenters. The molecule has 6 heteroatoms. The molecule has 0 aliphatic heterocycles. The first-order chi connectivity index (χ1) is 10.8. The highest BCUT2D eigenvalue weighted by atomic mass is 127. The lowest BCUT2D eigenvalue weighted by Crippen LogP contribution is -2.39. The molecule has 0 unspecified atom stereocenters. The molecule has 1 aromatic carbocycles. The van der Waals surface area contributed by atoms with E-state index in [0.717, 1.165) is 32.1 Å².